The van der Waals surface area contributed by atoms with Crippen molar-refractivity contribution >= 4 is 11.9 Å². The van der Waals surface area contributed by atoms with Gasteiger partial charge in [-0.2, -0.15) is 0 Å². The zero-order valence-corrected chi connectivity index (χ0v) is 16.7. The van der Waals surface area contributed by atoms with Crippen molar-refractivity contribution in [2.45, 2.75) is 20.1 Å². The minimum Gasteiger partial charge on any atom is -0.493 e. The molecule has 3 aromatic rings. The molecule has 0 unspecified atom stereocenters. The first kappa shape index (κ1) is 20.9. The van der Waals surface area contributed by atoms with Crippen LogP contribution in [0, 0.1) is 6.92 Å². The average molecular weight is 410 g/mol. The summed E-state index contributed by atoms with van der Waals surface area (Å²) in [5.74, 6) is -0.0658. The van der Waals surface area contributed by atoms with E-state index >= 15 is 0 Å². The number of hydrogen-bond acceptors (Lipinski definition) is 7. The highest BCUT2D eigenvalue weighted by atomic mass is 16.6. The smallest absolute Gasteiger partial charge is 0.377 e. The topological polar surface area (TPSA) is 99.9 Å². The zero-order chi connectivity index (χ0) is 21.3. The van der Waals surface area contributed by atoms with Gasteiger partial charge in [-0.05, 0) is 30.2 Å². The van der Waals surface area contributed by atoms with Crippen LogP contribution < -0.4 is 14.8 Å². The van der Waals surface area contributed by atoms with E-state index in [0.717, 1.165) is 11.1 Å². The van der Waals surface area contributed by atoms with Gasteiger partial charge in [0.15, 0.2) is 18.1 Å². The Kier molecular flexibility index (Phi) is 7.05. The number of carbonyl (C=O) groups excluding carboxylic acids is 2. The van der Waals surface area contributed by atoms with Crippen LogP contribution in [0.3, 0.4) is 0 Å². The Morgan fingerprint density at radius 2 is 1.83 bits per heavy atom. The van der Waals surface area contributed by atoms with Crippen LogP contribution in [-0.4, -0.2) is 30.7 Å². The quantitative estimate of drug-likeness (QED) is 0.541. The van der Waals surface area contributed by atoms with Crippen molar-refractivity contribution in [3.8, 4) is 11.5 Å². The molecule has 8 nitrogen and oxygen atoms in total. The summed E-state index contributed by atoms with van der Waals surface area (Å²) in [7, 11) is 1.55. The van der Waals surface area contributed by atoms with Crippen molar-refractivity contribution in [3.63, 3.8) is 0 Å². The lowest BCUT2D eigenvalue weighted by molar-refractivity contribution is -0.124. The lowest BCUT2D eigenvalue weighted by Gasteiger charge is -2.13. The maximum atomic E-state index is 11.9. The third kappa shape index (κ3) is 5.84. The number of carbonyl (C=O) groups is 2. The fourth-order valence-corrected chi connectivity index (χ4v) is 2.59. The fraction of sp³-hybridized carbons (Fsp3) is 0.227. The summed E-state index contributed by atoms with van der Waals surface area (Å²) < 4.78 is 20.9. The Morgan fingerprint density at radius 3 is 2.53 bits per heavy atom. The molecule has 0 atom stereocenters. The number of aryl methyl sites for hydroxylation is 1. The average Bonchev–Trinajstić information content (AvgIpc) is 3.21. The highest BCUT2D eigenvalue weighted by Gasteiger charge is 2.15. The van der Waals surface area contributed by atoms with E-state index in [-0.39, 0.29) is 12.3 Å². The van der Waals surface area contributed by atoms with E-state index < -0.39 is 18.5 Å². The van der Waals surface area contributed by atoms with Crippen LogP contribution in [0.2, 0.25) is 0 Å². The predicted molar refractivity (Wildman–Crippen MR) is 107 cm³/mol. The lowest BCUT2D eigenvalue weighted by Crippen LogP contribution is -2.28. The second kappa shape index (κ2) is 10.1. The van der Waals surface area contributed by atoms with E-state index in [9.17, 15) is 9.59 Å². The van der Waals surface area contributed by atoms with Crippen molar-refractivity contribution in [3.05, 3.63) is 77.2 Å². The van der Waals surface area contributed by atoms with Crippen molar-refractivity contribution in [2.24, 2.45) is 0 Å². The predicted octanol–water partition coefficient (Wildman–Crippen LogP) is 3.04. The summed E-state index contributed by atoms with van der Waals surface area (Å²) >= 11 is 0. The summed E-state index contributed by atoms with van der Waals surface area (Å²) in [5.41, 5.74) is 2.41. The summed E-state index contributed by atoms with van der Waals surface area (Å²) in [6.07, 6.45) is 0. The highest BCUT2D eigenvalue weighted by Crippen LogP contribution is 2.28. The monoisotopic (exact) mass is 410 g/mol. The molecule has 3 rings (SSSR count). The fourth-order valence-electron chi connectivity index (χ4n) is 2.59. The molecule has 1 aromatic heterocycles. The molecule has 1 heterocycles. The second-order valence-electron chi connectivity index (χ2n) is 6.44. The molecule has 156 valence electrons. The number of esters is 1. The van der Waals surface area contributed by atoms with Crippen LogP contribution in [0.15, 0.2) is 59.1 Å². The van der Waals surface area contributed by atoms with Gasteiger partial charge in [0.05, 0.1) is 12.8 Å². The molecule has 1 amide bonds. The Morgan fingerprint density at radius 1 is 1.03 bits per heavy atom. The maximum Gasteiger partial charge on any atom is 0.377 e. The number of hydrogen-bond donors (Lipinski definition) is 1. The van der Waals surface area contributed by atoms with Crippen LogP contribution in [0.1, 0.15) is 27.4 Å². The molecule has 8 heteroatoms. The number of nitrogens with one attached hydrogen (secondary N) is 1. The molecule has 0 aliphatic carbocycles. The molecule has 0 bridgehead atoms. The summed E-state index contributed by atoms with van der Waals surface area (Å²) in [4.78, 5) is 23.7. The number of benzene rings is 2. The Labute approximate surface area is 173 Å². The van der Waals surface area contributed by atoms with E-state index in [2.05, 4.69) is 10.5 Å². The highest BCUT2D eigenvalue weighted by molar-refractivity contribution is 5.88. The van der Waals surface area contributed by atoms with Gasteiger partial charge in [0, 0.05) is 12.6 Å². The van der Waals surface area contributed by atoms with Gasteiger partial charge >= 0.3 is 5.97 Å². The summed E-state index contributed by atoms with van der Waals surface area (Å²) in [5, 5.41) is 6.28. The molecule has 0 aliphatic heterocycles. The summed E-state index contributed by atoms with van der Waals surface area (Å²) in [6, 6.07) is 16.6. The molecule has 0 spiro atoms. The first-order valence-electron chi connectivity index (χ1n) is 9.26. The van der Waals surface area contributed by atoms with Crippen LogP contribution in [-0.2, 0) is 22.7 Å². The first-order chi connectivity index (χ1) is 14.5. The molecule has 0 radical (unpaired) electrons. The SMILES string of the molecule is COc1cc(CNC(=O)COC(=O)c2cc(C)no2)ccc1OCc1ccccc1. The van der Waals surface area contributed by atoms with Crippen LogP contribution in [0.4, 0.5) is 0 Å². The minimum atomic E-state index is -0.743. The van der Waals surface area contributed by atoms with Crippen LogP contribution in [0.25, 0.3) is 0 Å². The van der Waals surface area contributed by atoms with Gasteiger partial charge in [-0.15, -0.1) is 0 Å². The Balaban J connectivity index is 1.48. The molecule has 0 aliphatic rings. The largest absolute Gasteiger partial charge is 0.493 e. The minimum absolute atomic E-state index is 0.0453. The van der Waals surface area contributed by atoms with Gasteiger partial charge in [0.2, 0.25) is 5.76 Å². The van der Waals surface area contributed by atoms with Gasteiger partial charge in [-0.1, -0.05) is 41.6 Å². The van der Waals surface area contributed by atoms with Crippen molar-refractivity contribution in [1.82, 2.24) is 10.5 Å². The Hall–Kier alpha value is -3.81. The zero-order valence-electron chi connectivity index (χ0n) is 16.7. The van der Waals surface area contributed by atoms with E-state index in [1.54, 1.807) is 26.2 Å². The molecular weight excluding hydrogens is 388 g/mol. The number of amides is 1. The van der Waals surface area contributed by atoms with Crippen molar-refractivity contribution in [1.29, 1.82) is 0 Å². The first-order valence-corrected chi connectivity index (χ1v) is 9.26. The molecule has 0 fully saturated rings. The Bertz CT molecular complexity index is 1000. The maximum absolute atomic E-state index is 11.9. The van der Waals surface area contributed by atoms with Crippen LogP contribution in [0.5, 0.6) is 11.5 Å². The van der Waals surface area contributed by atoms with Gasteiger partial charge in [-0.25, -0.2) is 4.79 Å². The van der Waals surface area contributed by atoms with E-state index in [4.69, 9.17) is 18.7 Å². The van der Waals surface area contributed by atoms with E-state index in [1.807, 2.05) is 36.4 Å². The molecule has 30 heavy (non-hydrogen) atoms. The molecule has 0 saturated carbocycles. The van der Waals surface area contributed by atoms with Gasteiger partial charge in [-0.3, -0.25) is 4.79 Å². The number of rotatable bonds is 9. The standard InChI is InChI=1S/C22H22N2O6/c1-15-10-20(30-24-15)22(26)29-14-21(25)23-12-17-8-9-18(19(11-17)27-2)28-13-16-6-4-3-5-7-16/h3-11H,12-14H2,1-2H3,(H,23,25). The van der Waals surface area contributed by atoms with Crippen LogP contribution >= 0.6 is 0 Å². The van der Waals surface area contributed by atoms with E-state index in [0.29, 0.717) is 23.8 Å². The summed E-state index contributed by atoms with van der Waals surface area (Å²) in [6.45, 7) is 1.92. The molecular formula is C22H22N2O6. The van der Waals surface area contributed by atoms with Crippen molar-refractivity contribution in [2.75, 3.05) is 13.7 Å². The molecule has 0 saturated heterocycles. The third-order valence-corrected chi connectivity index (χ3v) is 4.12. The normalized spacial score (nSPS) is 10.3. The van der Waals surface area contributed by atoms with E-state index in [1.165, 1.54) is 6.07 Å². The number of methoxy groups -OCH3 is 1. The lowest BCUT2D eigenvalue weighted by atomic mass is 10.2. The van der Waals surface area contributed by atoms with Gasteiger partial charge in [0.25, 0.3) is 5.91 Å². The number of ether oxygens (including phenoxy) is 3. The van der Waals surface area contributed by atoms with Gasteiger partial charge < -0.3 is 24.1 Å². The second-order valence-corrected chi connectivity index (χ2v) is 6.44. The third-order valence-electron chi connectivity index (χ3n) is 4.12. The van der Waals surface area contributed by atoms with Gasteiger partial charge in [0.1, 0.15) is 6.61 Å². The molecule has 2 aromatic carbocycles. The molecule has 1 N–H and O–H groups in total. The van der Waals surface area contributed by atoms with Crippen molar-refractivity contribution < 1.29 is 28.3 Å². The number of nitrogens with zero attached hydrogens (tertiary/aromatic N) is 1. The number of aromatic nitrogens is 1.